The molecule has 0 aliphatic heterocycles. The lowest BCUT2D eigenvalue weighted by Gasteiger charge is -2.20. The number of carbonyl (C=O) groups is 2. The second-order valence-corrected chi connectivity index (χ2v) is 6.18. The van der Waals surface area contributed by atoms with Crippen molar-refractivity contribution in [3.63, 3.8) is 0 Å². The molecule has 144 valence electrons. The second-order valence-electron chi connectivity index (χ2n) is 6.18. The molecule has 2 aromatic rings. The number of carbonyl (C=O) groups excluding carboxylic acids is 2. The fraction of sp³-hybridized carbons (Fsp3) is 0.300. The van der Waals surface area contributed by atoms with Gasteiger partial charge in [0.05, 0.1) is 13.0 Å². The Morgan fingerprint density at radius 1 is 1.11 bits per heavy atom. The van der Waals surface area contributed by atoms with E-state index in [1.165, 1.54) is 7.11 Å². The van der Waals surface area contributed by atoms with E-state index in [4.69, 9.17) is 20.9 Å². The molecule has 2 amide bonds. The van der Waals surface area contributed by atoms with Crippen LogP contribution in [0.25, 0.3) is 0 Å². The van der Waals surface area contributed by atoms with E-state index >= 15 is 0 Å². The zero-order valence-electron chi connectivity index (χ0n) is 15.5. The molecule has 2 atom stereocenters. The van der Waals surface area contributed by atoms with E-state index in [0.717, 1.165) is 11.1 Å². The van der Waals surface area contributed by atoms with Gasteiger partial charge in [-0.15, -0.1) is 0 Å². The summed E-state index contributed by atoms with van der Waals surface area (Å²) in [6.45, 7) is 1.88. The highest BCUT2D eigenvalue weighted by atomic mass is 16.5. The van der Waals surface area contributed by atoms with E-state index in [0.29, 0.717) is 18.0 Å². The summed E-state index contributed by atoms with van der Waals surface area (Å²) in [5.74, 6) is -0.230. The summed E-state index contributed by atoms with van der Waals surface area (Å²) < 4.78 is 10.5. The van der Waals surface area contributed by atoms with Crippen molar-refractivity contribution in [1.82, 2.24) is 5.32 Å². The van der Waals surface area contributed by atoms with Crippen molar-refractivity contribution in [3.05, 3.63) is 59.7 Å². The van der Waals surface area contributed by atoms with Crippen LogP contribution in [0, 0.1) is 5.92 Å². The van der Waals surface area contributed by atoms with Gasteiger partial charge >= 0.3 is 0 Å². The molecule has 0 heterocycles. The number of primary amides is 1. The molecule has 0 fully saturated rings. The Morgan fingerprint density at radius 3 is 2.44 bits per heavy atom. The topological polar surface area (TPSA) is 117 Å². The molecule has 2 aromatic carbocycles. The minimum atomic E-state index is -0.572. The highest BCUT2D eigenvalue weighted by Crippen LogP contribution is 2.28. The number of hydrogen-bond acceptors (Lipinski definition) is 5. The first-order valence-corrected chi connectivity index (χ1v) is 8.58. The first-order chi connectivity index (χ1) is 12.9. The number of nitrogens with one attached hydrogen (secondary N) is 1. The summed E-state index contributed by atoms with van der Waals surface area (Å²) >= 11 is 0. The van der Waals surface area contributed by atoms with Gasteiger partial charge in [0.2, 0.25) is 5.91 Å². The third-order valence-electron chi connectivity index (χ3n) is 4.20. The Balaban J connectivity index is 1.96. The minimum Gasteiger partial charge on any atom is -0.493 e. The van der Waals surface area contributed by atoms with Crippen molar-refractivity contribution in [1.29, 1.82) is 0 Å². The molecule has 2 unspecified atom stereocenters. The lowest BCUT2D eigenvalue weighted by atomic mass is 9.94. The number of nitrogens with two attached hydrogens (primary N) is 2. The molecule has 27 heavy (non-hydrogen) atoms. The highest BCUT2D eigenvalue weighted by molar-refractivity contribution is 5.79. The quantitative estimate of drug-likeness (QED) is 0.618. The van der Waals surface area contributed by atoms with Gasteiger partial charge in [0.25, 0.3) is 5.91 Å². The van der Waals surface area contributed by atoms with Gasteiger partial charge in [-0.2, -0.15) is 0 Å². The fourth-order valence-electron chi connectivity index (χ4n) is 2.57. The van der Waals surface area contributed by atoms with Crippen molar-refractivity contribution in [2.45, 2.75) is 19.5 Å². The molecule has 2 rings (SSSR count). The van der Waals surface area contributed by atoms with Crippen molar-refractivity contribution in [2.75, 3.05) is 13.7 Å². The lowest BCUT2D eigenvalue weighted by molar-refractivity contribution is -0.125. The molecule has 7 nitrogen and oxygen atoms in total. The van der Waals surface area contributed by atoms with Crippen LogP contribution in [-0.2, 0) is 16.1 Å². The Kier molecular flexibility index (Phi) is 7.19. The van der Waals surface area contributed by atoms with Gasteiger partial charge < -0.3 is 26.3 Å². The zero-order valence-corrected chi connectivity index (χ0v) is 15.5. The van der Waals surface area contributed by atoms with Crippen molar-refractivity contribution in [2.24, 2.45) is 17.4 Å². The van der Waals surface area contributed by atoms with Crippen molar-refractivity contribution >= 4 is 11.8 Å². The standard InChI is InChI=1S/C20H25N3O4/c1-13(19(22)15-6-4-3-5-7-15)20(25)23-11-14-8-9-16(17(10-14)26-2)27-12-18(21)24/h3-10,13,19H,11-12,22H2,1-2H3,(H2,21,24)(H,23,25). The number of benzene rings is 2. The van der Waals surface area contributed by atoms with Crippen LogP contribution in [-0.4, -0.2) is 25.5 Å². The molecule has 0 aliphatic rings. The number of hydrogen-bond donors (Lipinski definition) is 3. The predicted molar refractivity (Wildman–Crippen MR) is 102 cm³/mol. The Hall–Kier alpha value is -3.06. The number of ether oxygens (including phenoxy) is 2. The summed E-state index contributed by atoms with van der Waals surface area (Å²) in [5.41, 5.74) is 13.0. The Labute approximate surface area is 158 Å². The van der Waals surface area contributed by atoms with Crippen LogP contribution in [0.4, 0.5) is 0 Å². The molecule has 0 spiro atoms. The van der Waals surface area contributed by atoms with Gasteiger partial charge in [-0.1, -0.05) is 43.3 Å². The maximum atomic E-state index is 12.4. The smallest absolute Gasteiger partial charge is 0.255 e. The average Bonchev–Trinajstić information content (AvgIpc) is 2.70. The third kappa shape index (κ3) is 5.72. The van der Waals surface area contributed by atoms with Gasteiger partial charge in [-0.3, -0.25) is 9.59 Å². The van der Waals surface area contributed by atoms with Crippen molar-refractivity contribution in [3.8, 4) is 11.5 Å². The van der Waals surface area contributed by atoms with Crippen LogP contribution in [0.5, 0.6) is 11.5 Å². The molecule has 0 bridgehead atoms. The van der Waals surface area contributed by atoms with Gasteiger partial charge in [0, 0.05) is 12.6 Å². The second kappa shape index (κ2) is 9.59. The van der Waals surface area contributed by atoms with E-state index in [1.54, 1.807) is 25.1 Å². The van der Waals surface area contributed by atoms with Gasteiger partial charge in [0.1, 0.15) is 0 Å². The first-order valence-electron chi connectivity index (χ1n) is 8.58. The van der Waals surface area contributed by atoms with Gasteiger partial charge in [0.15, 0.2) is 18.1 Å². The normalized spacial score (nSPS) is 12.7. The summed E-state index contributed by atoms with van der Waals surface area (Å²) in [6.07, 6.45) is 0. The summed E-state index contributed by atoms with van der Waals surface area (Å²) in [5, 5.41) is 2.88. The van der Waals surface area contributed by atoms with Crippen LogP contribution < -0.4 is 26.3 Å². The minimum absolute atomic E-state index is 0.139. The number of amides is 2. The largest absolute Gasteiger partial charge is 0.493 e. The maximum absolute atomic E-state index is 12.4. The predicted octanol–water partition coefficient (Wildman–Crippen LogP) is 1.51. The first kappa shape index (κ1) is 20.3. The average molecular weight is 371 g/mol. The lowest BCUT2D eigenvalue weighted by Crippen LogP contribution is -2.35. The maximum Gasteiger partial charge on any atom is 0.255 e. The zero-order chi connectivity index (χ0) is 19.8. The van der Waals surface area contributed by atoms with E-state index in [2.05, 4.69) is 5.32 Å². The Bertz CT molecular complexity index is 780. The van der Waals surface area contributed by atoms with Gasteiger partial charge in [-0.25, -0.2) is 0 Å². The molecule has 0 saturated carbocycles. The van der Waals surface area contributed by atoms with Crippen molar-refractivity contribution < 1.29 is 19.1 Å². The molecule has 5 N–H and O–H groups in total. The number of rotatable bonds is 9. The molecule has 7 heteroatoms. The van der Waals surface area contributed by atoms with Crippen LogP contribution in [0.2, 0.25) is 0 Å². The van der Waals surface area contributed by atoms with E-state index in [1.807, 2.05) is 30.3 Å². The highest BCUT2D eigenvalue weighted by Gasteiger charge is 2.21. The summed E-state index contributed by atoms with van der Waals surface area (Å²) in [4.78, 5) is 23.3. The fourth-order valence-corrected chi connectivity index (χ4v) is 2.57. The molecule has 0 saturated heterocycles. The monoisotopic (exact) mass is 371 g/mol. The Morgan fingerprint density at radius 2 is 1.81 bits per heavy atom. The summed E-state index contributed by atoms with van der Waals surface area (Å²) in [6, 6.07) is 14.3. The molecular weight excluding hydrogens is 346 g/mol. The molecule has 0 aliphatic carbocycles. The molecule has 0 radical (unpaired) electrons. The summed E-state index contributed by atoms with van der Waals surface area (Å²) in [7, 11) is 1.50. The van der Waals surface area contributed by atoms with Gasteiger partial charge in [-0.05, 0) is 23.3 Å². The van der Waals surface area contributed by atoms with E-state index < -0.39 is 5.91 Å². The van der Waals surface area contributed by atoms with E-state index in [9.17, 15) is 9.59 Å². The van der Waals surface area contributed by atoms with Crippen LogP contribution in [0.3, 0.4) is 0 Å². The van der Waals surface area contributed by atoms with E-state index in [-0.39, 0.29) is 24.5 Å². The molecular formula is C20H25N3O4. The SMILES string of the molecule is COc1cc(CNC(=O)C(C)C(N)c2ccccc2)ccc1OCC(N)=O. The molecule has 0 aromatic heterocycles. The van der Waals surface area contributed by atoms with Crippen LogP contribution in [0.15, 0.2) is 48.5 Å². The third-order valence-corrected chi connectivity index (χ3v) is 4.20. The van der Waals surface area contributed by atoms with Crippen LogP contribution in [0.1, 0.15) is 24.1 Å². The van der Waals surface area contributed by atoms with Crippen LogP contribution >= 0.6 is 0 Å². The number of methoxy groups -OCH3 is 1.